The van der Waals surface area contributed by atoms with Crippen molar-refractivity contribution in [1.82, 2.24) is 0 Å². The van der Waals surface area contributed by atoms with Crippen molar-refractivity contribution in [1.29, 1.82) is 0 Å². The number of hydrogen-bond acceptors (Lipinski definition) is 2. The molecular weight excluding hydrogens is 128 g/mol. The lowest BCUT2D eigenvalue weighted by Gasteiger charge is -2.12. The van der Waals surface area contributed by atoms with E-state index in [4.69, 9.17) is 4.74 Å². The summed E-state index contributed by atoms with van der Waals surface area (Å²) in [6.45, 7) is 7.09. The summed E-state index contributed by atoms with van der Waals surface area (Å²) in [5.74, 6) is 0.00806. The molecule has 1 atom stereocenters. The monoisotopic (exact) mass is 142 g/mol. The molecule has 10 heavy (non-hydrogen) atoms. The molecule has 2 heteroatoms. The average Bonchev–Trinajstić information content (AvgIpc) is 1.90. The maximum Gasteiger partial charge on any atom is 0.157 e. The van der Waals surface area contributed by atoms with Crippen molar-refractivity contribution in [3.8, 4) is 0 Å². The Morgan fingerprint density at radius 2 is 2.20 bits per heavy atom. The van der Waals surface area contributed by atoms with Gasteiger partial charge in [-0.2, -0.15) is 0 Å². The Bertz CT molecular complexity index is 134. The van der Waals surface area contributed by atoms with E-state index in [2.05, 4.69) is 6.58 Å². The molecule has 0 amide bonds. The van der Waals surface area contributed by atoms with Gasteiger partial charge in [0.25, 0.3) is 0 Å². The molecule has 1 unspecified atom stereocenters. The van der Waals surface area contributed by atoms with E-state index in [9.17, 15) is 4.79 Å². The van der Waals surface area contributed by atoms with Gasteiger partial charge >= 0.3 is 0 Å². The van der Waals surface area contributed by atoms with Gasteiger partial charge in [-0.25, -0.2) is 0 Å². The van der Waals surface area contributed by atoms with E-state index in [0.29, 0.717) is 5.57 Å². The van der Waals surface area contributed by atoms with Crippen LogP contribution in [0.4, 0.5) is 0 Å². The molecule has 0 aliphatic heterocycles. The van der Waals surface area contributed by atoms with Gasteiger partial charge in [0.15, 0.2) is 5.78 Å². The van der Waals surface area contributed by atoms with E-state index in [1.54, 1.807) is 7.11 Å². The minimum Gasteiger partial charge on any atom is -0.377 e. The van der Waals surface area contributed by atoms with E-state index >= 15 is 0 Å². The highest BCUT2D eigenvalue weighted by Crippen LogP contribution is 2.07. The van der Waals surface area contributed by atoms with Crippen molar-refractivity contribution in [2.24, 2.45) is 0 Å². The standard InChI is InChI=1S/C8H14O2/c1-5-8(10-4)6(2)7(3)9/h8H,2,5H2,1,3-4H3. The number of ether oxygens (including phenoxy) is 1. The van der Waals surface area contributed by atoms with Crippen molar-refractivity contribution < 1.29 is 9.53 Å². The summed E-state index contributed by atoms with van der Waals surface area (Å²) < 4.78 is 5.00. The van der Waals surface area contributed by atoms with Crippen LogP contribution in [-0.4, -0.2) is 19.0 Å². The van der Waals surface area contributed by atoms with Crippen molar-refractivity contribution in [2.75, 3.05) is 7.11 Å². The molecule has 0 rings (SSSR count). The first-order chi connectivity index (χ1) is 4.63. The summed E-state index contributed by atoms with van der Waals surface area (Å²) in [5, 5.41) is 0. The largest absolute Gasteiger partial charge is 0.377 e. The Morgan fingerprint density at radius 1 is 1.70 bits per heavy atom. The Balaban J connectivity index is 4.02. The zero-order valence-corrected chi connectivity index (χ0v) is 6.81. The van der Waals surface area contributed by atoms with E-state index in [1.807, 2.05) is 6.92 Å². The molecule has 0 saturated carbocycles. The minimum absolute atomic E-state index is 0.00806. The van der Waals surface area contributed by atoms with Crippen molar-refractivity contribution >= 4 is 5.78 Å². The van der Waals surface area contributed by atoms with E-state index < -0.39 is 0 Å². The Morgan fingerprint density at radius 3 is 2.30 bits per heavy atom. The number of carbonyl (C=O) groups excluding carboxylic acids is 1. The molecule has 0 aliphatic rings. The number of ketones is 1. The number of hydrogen-bond donors (Lipinski definition) is 0. The summed E-state index contributed by atoms with van der Waals surface area (Å²) in [4.78, 5) is 10.7. The van der Waals surface area contributed by atoms with Crippen LogP contribution in [0.5, 0.6) is 0 Å². The highest BCUT2D eigenvalue weighted by atomic mass is 16.5. The Kier molecular flexibility index (Phi) is 3.96. The lowest BCUT2D eigenvalue weighted by Crippen LogP contribution is -2.16. The van der Waals surface area contributed by atoms with Crippen LogP contribution >= 0.6 is 0 Å². The van der Waals surface area contributed by atoms with Gasteiger partial charge in [0.2, 0.25) is 0 Å². The summed E-state index contributed by atoms with van der Waals surface area (Å²) >= 11 is 0. The first-order valence-corrected chi connectivity index (χ1v) is 3.36. The topological polar surface area (TPSA) is 26.3 Å². The fraction of sp³-hybridized carbons (Fsp3) is 0.625. The second-order valence-electron chi connectivity index (χ2n) is 2.21. The van der Waals surface area contributed by atoms with Crippen molar-refractivity contribution in [2.45, 2.75) is 26.4 Å². The van der Waals surface area contributed by atoms with Crippen LogP contribution in [0, 0.1) is 0 Å². The Hall–Kier alpha value is -0.630. The quantitative estimate of drug-likeness (QED) is 0.557. The van der Waals surface area contributed by atoms with Crippen molar-refractivity contribution in [3.05, 3.63) is 12.2 Å². The first kappa shape index (κ1) is 9.37. The molecule has 0 radical (unpaired) electrons. The van der Waals surface area contributed by atoms with Crippen molar-refractivity contribution in [3.63, 3.8) is 0 Å². The molecule has 0 aromatic carbocycles. The molecule has 0 aromatic heterocycles. The molecule has 0 heterocycles. The van der Waals surface area contributed by atoms with Gasteiger partial charge in [-0.3, -0.25) is 4.79 Å². The number of Topliss-reactive ketones (excluding diaryl/α,β-unsaturated/α-hetero) is 1. The third-order valence-corrected chi connectivity index (χ3v) is 1.50. The maximum absolute atomic E-state index is 10.7. The normalized spacial score (nSPS) is 12.7. The second kappa shape index (κ2) is 4.23. The molecule has 0 spiro atoms. The molecule has 0 aliphatic carbocycles. The van der Waals surface area contributed by atoms with Crippen LogP contribution < -0.4 is 0 Å². The second-order valence-corrected chi connectivity index (χ2v) is 2.21. The first-order valence-electron chi connectivity index (χ1n) is 3.36. The third-order valence-electron chi connectivity index (χ3n) is 1.50. The molecule has 0 saturated heterocycles. The average molecular weight is 142 g/mol. The van der Waals surface area contributed by atoms with E-state index in [1.165, 1.54) is 6.92 Å². The molecule has 58 valence electrons. The third kappa shape index (κ3) is 2.31. The predicted molar refractivity (Wildman–Crippen MR) is 40.9 cm³/mol. The van der Waals surface area contributed by atoms with E-state index in [0.717, 1.165) is 6.42 Å². The number of rotatable bonds is 4. The number of carbonyl (C=O) groups is 1. The molecule has 0 N–H and O–H groups in total. The van der Waals surface area contributed by atoms with Gasteiger partial charge in [-0.05, 0) is 13.3 Å². The van der Waals surface area contributed by atoms with Crippen LogP contribution in [0.3, 0.4) is 0 Å². The van der Waals surface area contributed by atoms with Crippen LogP contribution in [0.25, 0.3) is 0 Å². The van der Waals surface area contributed by atoms with Gasteiger partial charge < -0.3 is 4.74 Å². The lowest BCUT2D eigenvalue weighted by molar-refractivity contribution is -0.114. The summed E-state index contributed by atoms with van der Waals surface area (Å²) in [6, 6.07) is 0. The summed E-state index contributed by atoms with van der Waals surface area (Å²) in [6.07, 6.45) is 0.701. The minimum atomic E-state index is -0.0995. The lowest BCUT2D eigenvalue weighted by atomic mass is 10.1. The molecular formula is C8H14O2. The van der Waals surface area contributed by atoms with Crippen LogP contribution in [-0.2, 0) is 9.53 Å². The predicted octanol–water partition coefficient (Wildman–Crippen LogP) is 1.56. The maximum atomic E-state index is 10.7. The molecule has 2 nitrogen and oxygen atoms in total. The molecule has 0 bridgehead atoms. The van der Waals surface area contributed by atoms with Crippen LogP contribution in [0.15, 0.2) is 12.2 Å². The van der Waals surface area contributed by atoms with Crippen LogP contribution in [0.2, 0.25) is 0 Å². The Labute approximate surface area is 61.9 Å². The zero-order chi connectivity index (χ0) is 8.15. The van der Waals surface area contributed by atoms with Crippen LogP contribution in [0.1, 0.15) is 20.3 Å². The SMILES string of the molecule is C=C(C(C)=O)C(CC)OC. The molecule has 0 aromatic rings. The van der Waals surface area contributed by atoms with Gasteiger partial charge in [-0.1, -0.05) is 13.5 Å². The fourth-order valence-corrected chi connectivity index (χ4v) is 0.782. The molecule has 0 fully saturated rings. The van der Waals surface area contributed by atoms with Gasteiger partial charge in [0.05, 0.1) is 6.10 Å². The van der Waals surface area contributed by atoms with Gasteiger partial charge in [0.1, 0.15) is 0 Å². The van der Waals surface area contributed by atoms with E-state index in [-0.39, 0.29) is 11.9 Å². The number of methoxy groups -OCH3 is 1. The smallest absolute Gasteiger partial charge is 0.157 e. The highest BCUT2D eigenvalue weighted by molar-refractivity contribution is 5.93. The summed E-state index contributed by atoms with van der Waals surface area (Å²) in [7, 11) is 1.59. The highest BCUT2D eigenvalue weighted by Gasteiger charge is 2.11. The summed E-state index contributed by atoms with van der Waals surface area (Å²) in [5.41, 5.74) is 0.560. The van der Waals surface area contributed by atoms with Gasteiger partial charge in [-0.15, -0.1) is 0 Å². The fourth-order valence-electron chi connectivity index (χ4n) is 0.782. The van der Waals surface area contributed by atoms with Gasteiger partial charge in [0, 0.05) is 12.7 Å². The zero-order valence-electron chi connectivity index (χ0n) is 6.81.